The third kappa shape index (κ3) is 6.20. The number of hydrogen-bond donors (Lipinski definition) is 2. The number of carbonyl (C=O) groups excluding carboxylic acids is 4. The van der Waals surface area contributed by atoms with Gasteiger partial charge in [-0.15, -0.1) is 0 Å². The van der Waals surface area contributed by atoms with Crippen molar-refractivity contribution >= 4 is 74.1 Å². The molecule has 0 spiro atoms. The molecule has 1 aromatic heterocycles. The number of rotatable bonds is 9. The number of anilines is 2. The summed E-state index contributed by atoms with van der Waals surface area (Å²) in [4.78, 5) is 68.0. The summed E-state index contributed by atoms with van der Waals surface area (Å²) in [6.07, 6.45) is 0. The fraction of sp³-hybridized carbons (Fsp3) is 0.242. The van der Waals surface area contributed by atoms with E-state index in [2.05, 4.69) is 21.2 Å². The molecule has 1 saturated heterocycles. The maximum absolute atomic E-state index is 14.1. The van der Waals surface area contributed by atoms with Crippen molar-refractivity contribution in [3.8, 4) is 11.5 Å². The lowest BCUT2D eigenvalue weighted by Crippen LogP contribution is -2.33. The topological polar surface area (TPSA) is 144 Å². The molecule has 2 unspecified atom stereocenters. The van der Waals surface area contributed by atoms with E-state index in [-0.39, 0.29) is 31.3 Å². The standard InChI is InChI=1S/C33H28BrN3O8S2/c1-3-44-23-15-18(7-14-22(23)38)25-26-27(30(41)37(29(26)40)21-12-8-19(34)9-13-21)46-31-28(25)47-33(43)36(31)16-24(39)35-20-10-5-17(6-11-20)32(42)45-4-2/h5-15,25-27,38H,3-4,16H2,1-2H3,(H,35,39)/t25-,26?,27?/m0/s1. The number of nitrogens with zero attached hydrogens (tertiary/aromatic N) is 2. The quantitative estimate of drug-likeness (QED) is 0.171. The van der Waals surface area contributed by atoms with Crippen LogP contribution in [0.3, 0.4) is 0 Å². The van der Waals surface area contributed by atoms with E-state index in [0.717, 1.165) is 27.6 Å². The molecule has 2 aliphatic rings. The number of thiazole rings is 1. The van der Waals surface area contributed by atoms with Crippen molar-refractivity contribution in [2.24, 2.45) is 5.92 Å². The maximum Gasteiger partial charge on any atom is 0.338 e. The van der Waals surface area contributed by atoms with Crippen molar-refractivity contribution in [2.45, 2.75) is 36.6 Å². The molecule has 3 aromatic carbocycles. The summed E-state index contributed by atoms with van der Waals surface area (Å²) in [6, 6.07) is 17.8. The zero-order chi connectivity index (χ0) is 33.4. The van der Waals surface area contributed by atoms with E-state index >= 15 is 0 Å². The van der Waals surface area contributed by atoms with Gasteiger partial charge in [0.05, 0.1) is 35.4 Å². The molecule has 0 aliphatic carbocycles. The highest BCUT2D eigenvalue weighted by Gasteiger charge is 2.57. The molecule has 242 valence electrons. The minimum absolute atomic E-state index is 0.0828. The van der Waals surface area contributed by atoms with Crippen LogP contribution in [0.25, 0.3) is 0 Å². The SMILES string of the molecule is CCOC(=O)c1ccc(NC(=O)Cn2c3c(sc2=O)[C@@H](c2ccc(O)c(OCC)c2)C2C(=O)N(c4ccc(Br)cc4)C(=O)C2S3)cc1. The first-order valence-electron chi connectivity index (χ1n) is 14.7. The number of imide groups is 1. The van der Waals surface area contributed by atoms with Crippen LogP contribution in [-0.4, -0.2) is 51.8 Å². The Morgan fingerprint density at radius 1 is 0.957 bits per heavy atom. The van der Waals surface area contributed by atoms with Crippen molar-refractivity contribution in [2.75, 3.05) is 23.4 Å². The van der Waals surface area contributed by atoms with Crippen LogP contribution in [0.4, 0.5) is 11.4 Å². The number of amides is 3. The number of thioether (sulfide) groups is 1. The highest BCUT2D eigenvalue weighted by Crippen LogP contribution is 2.54. The van der Waals surface area contributed by atoms with E-state index in [0.29, 0.717) is 32.4 Å². The van der Waals surface area contributed by atoms with Gasteiger partial charge in [-0.3, -0.25) is 23.7 Å². The van der Waals surface area contributed by atoms with E-state index in [1.165, 1.54) is 27.7 Å². The van der Waals surface area contributed by atoms with E-state index in [1.807, 2.05) is 0 Å². The summed E-state index contributed by atoms with van der Waals surface area (Å²) in [5.41, 5.74) is 1.76. The van der Waals surface area contributed by atoms with Gasteiger partial charge in [-0.05, 0) is 80.1 Å². The summed E-state index contributed by atoms with van der Waals surface area (Å²) in [5.74, 6) is -3.28. The van der Waals surface area contributed by atoms with Gasteiger partial charge in [0.15, 0.2) is 11.5 Å². The van der Waals surface area contributed by atoms with E-state index in [9.17, 15) is 29.1 Å². The number of carbonyl (C=O) groups is 4. The predicted molar refractivity (Wildman–Crippen MR) is 180 cm³/mol. The monoisotopic (exact) mass is 737 g/mol. The normalized spacial score (nSPS) is 18.4. The predicted octanol–water partition coefficient (Wildman–Crippen LogP) is 5.39. The molecule has 3 amide bonds. The zero-order valence-corrected chi connectivity index (χ0v) is 28.3. The van der Waals surface area contributed by atoms with Gasteiger partial charge in [0.2, 0.25) is 17.7 Å². The largest absolute Gasteiger partial charge is 0.504 e. The smallest absolute Gasteiger partial charge is 0.338 e. The maximum atomic E-state index is 14.1. The summed E-state index contributed by atoms with van der Waals surface area (Å²) in [7, 11) is 0. The molecular weight excluding hydrogens is 710 g/mol. The fourth-order valence-electron chi connectivity index (χ4n) is 5.70. The van der Waals surface area contributed by atoms with Crippen LogP contribution < -0.4 is 19.8 Å². The average Bonchev–Trinajstić information content (AvgIpc) is 3.49. The van der Waals surface area contributed by atoms with Crippen molar-refractivity contribution in [3.05, 3.63) is 96.9 Å². The minimum Gasteiger partial charge on any atom is -0.504 e. The Hall–Kier alpha value is -4.40. The number of aromatic nitrogens is 1. The van der Waals surface area contributed by atoms with E-state index < -0.39 is 45.6 Å². The molecule has 3 atom stereocenters. The molecule has 3 heterocycles. The van der Waals surface area contributed by atoms with Crippen molar-refractivity contribution in [1.82, 2.24) is 4.57 Å². The summed E-state index contributed by atoms with van der Waals surface area (Å²) in [5, 5.41) is 12.7. The number of nitrogens with one attached hydrogen (secondary N) is 1. The molecular formula is C33H28BrN3O8S2. The van der Waals surface area contributed by atoms with Crippen LogP contribution in [0.5, 0.6) is 11.5 Å². The first-order chi connectivity index (χ1) is 22.6. The van der Waals surface area contributed by atoms with Gasteiger partial charge >= 0.3 is 10.8 Å². The molecule has 11 nitrogen and oxygen atoms in total. The summed E-state index contributed by atoms with van der Waals surface area (Å²) in [6.45, 7) is 3.66. The Kier molecular flexibility index (Phi) is 9.26. The number of halogens is 1. The van der Waals surface area contributed by atoms with Crippen LogP contribution in [0.2, 0.25) is 0 Å². The Bertz CT molecular complexity index is 1940. The second-order valence-electron chi connectivity index (χ2n) is 10.7. The highest BCUT2D eigenvalue weighted by atomic mass is 79.9. The van der Waals surface area contributed by atoms with E-state index in [4.69, 9.17) is 9.47 Å². The number of aromatic hydroxyl groups is 1. The molecule has 0 radical (unpaired) electrons. The highest BCUT2D eigenvalue weighted by molar-refractivity contribution is 9.10. The van der Waals surface area contributed by atoms with E-state index in [1.54, 1.807) is 62.4 Å². The van der Waals surface area contributed by atoms with Crippen molar-refractivity contribution < 1.29 is 33.8 Å². The van der Waals surface area contributed by atoms with Crippen LogP contribution in [-0.2, 0) is 25.7 Å². The number of ether oxygens (including phenoxy) is 2. The Labute approximate surface area is 285 Å². The van der Waals surface area contributed by atoms with Gasteiger partial charge in [0.1, 0.15) is 11.8 Å². The molecule has 0 bridgehead atoms. The van der Waals surface area contributed by atoms with Gasteiger partial charge in [-0.1, -0.05) is 45.1 Å². The second-order valence-corrected chi connectivity index (χ2v) is 13.7. The zero-order valence-electron chi connectivity index (χ0n) is 25.1. The van der Waals surface area contributed by atoms with Crippen LogP contribution in [0.15, 0.2) is 81.0 Å². The van der Waals surface area contributed by atoms with Gasteiger partial charge < -0.3 is 19.9 Å². The molecule has 47 heavy (non-hydrogen) atoms. The van der Waals surface area contributed by atoms with Gasteiger partial charge in [0, 0.05) is 21.0 Å². The number of benzene rings is 3. The minimum atomic E-state index is -0.883. The van der Waals surface area contributed by atoms with Gasteiger partial charge in [-0.2, -0.15) is 0 Å². The number of fused-ring (bicyclic) bond motifs is 2. The third-order valence-electron chi connectivity index (χ3n) is 7.76. The molecule has 4 aromatic rings. The first kappa shape index (κ1) is 32.5. The third-order valence-corrected chi connectivity index (χ3v) is 10.9. The number of esters is 1. The summed E-state index contributed by atoms with van der Waals surface area (Å²) >= 11 is 5.41. The molecule has 6 rings (SSSR count). The number of hydrogen-bond acceptors (Lipinski definition) is 10. The lowest BCUT2D eigenvalue weighted by Gasteiger charge is -2.31. The second kappa shape index (κ2) is 13.4. The Morgan fingerprint density at radius 3 is 2.36 bits per heavy atom. The molecule has 14 heteroatoms. The fourth-order valence-corrected chi connectivity index (χ4v) is 8.74. The lowest BCUT2D eigenvalue weighted by molar-refractivity contribution is -0.122. The molecule has 2 N–H and O–H groups in total. The molecule has 1 fully saturated rings. The summed E-state index contributed by atoms with van der Waals surface area (Å²) < 4.78 is 12.7. The molecule has 0 saturated carbocycles. The van der Waals surface area contributed by atoms with Crippen LogP contribution >= 0.6 is 39.0 Å². The van der Waals surface area contributed by atoms with Crippen molar-refractivity contribution in [3.63, 3.8) is 0 Å². The number of phenols is 1. The van der Waals surface area contributed by atoms with Gasteiger partial charge in [0.25, 0.3) is 0 Å². The lowest BCUT2D eigenvalue weighted by atomic mass is 9.83. The van der Waals surface area contributed by atoms with Crippen molar-refractivity contribution in [1.29, 1.82) is 0 Å². The first-order valence-corrected chi connectivity index (χ1v) is 17.2. The Balaban J connectivity index is 1.36. The molecule has 2 aliphatic heterocycles. The van der Waals surface area contributed by atoms with Crippen LogP contribution in [0.1, 0.15) is 40.6 Å². The van der Waals surface area contributed by atoms with Crippen LogP contribution in [0, 0.1) is 5.92 Å². The average molecular weight is 739 g/mol. The number of phenolic OH excluding ortho intramolecular Hbond substituents is 1. The Morgan fingerprint density at radius 2 is 1.68 bits per heavy atom. The van der Waals surface area contributed by atoms with Gasteiger partial charge in [-0.25, -0.2) is 9.69 Å².